The maximum Gasteiger partial charge on any atom is 0.333 e. The van der Waals surface area contributed by atoms with Gasteiger partial charge in [-0.3, -0.25) is 15.1 Å². The monoisotopic (exact) mass is 300 g/mol. The Morgan fingerprint density at radius 2 is 1.91 bits per heavy atom. The molecule has 0 aliphatic rings. The number of aromatic hydroxyl groups is 1. The molecule has 0 unspecified atom stereocenters. The van der Waals surface area contributed by atoms with E-state index in [-0.39, 0.29) is 17.0 Å². The fraction of sp³-hybridized carbons (Fsp3) is 0.0667. The number of phenols is 1. The van der Waals surface area contributed by atoms with Gasteiger partial charge in [0.25, 0.3) is 5.69 Å². The number of nitro benzene ring substituents is 1. The molecule has 112 valence electrons. The van der Waals surface area contributed by atoms with Crippen LogP contribution in [0.5, 0.6) is 5.75 Å². The van der Waals surface area contributed by atoms with Crippen LogP contribution in [0, 0.1) is 10.1 Å². The number of benzene rings is 2. The van der Waals surface area contributed by atoms with Crippen molar-refractivity contribution in [3.8, 4) is 5.75 Å². The Kier molecular flexibility index (Phi) is 4.47. The van der Waals surface area contributed by atoms with Gasteiger partial charge in [0.15, 0.2) is 6.04 Å². The molecule has 0 heterocycles. The van der Waals surface area contributed by atoms with E-state index in [4.69, 9.17) is 0 Å². The van der Waals surface area contributed by atoms with Crippen molar-refractivity contribution in [3.63, 3.8) is 0 Å². The quantitative estimate of drug-likeness (QED) is 0.500. The number of rotatable bonds is 5. The Bertz CT molecular complexity index is 728. The lowest BCUT2D eigenvalue weighted by Crippen LogP contribution is -2.09. The predicted molar refractivity (Wildman–Crippen MR) is 79.2 cm³/mol. The molecule has 0 bridgehead atoms. The van der Waals surface area contributed by atoms with Gasteiger partial charge in [-0.25, -0.2) is 4.79 Å². The highest BCUT2D eigenvalue weighted by atomic mass is 16.6. The predicted octanol–water partition coefficient (Wildman–Crippen LogP) is 2.55. The molecule has 0 saturated carbocycles. The van der Waals surface area contributed by atoms with Crippen molar-refractivity contribution in [2.45, 2.75) is 6.04 Å². The molecule has 2 rings (SSSR count). The summed E-state index contributed by atoms with van der Waals surface area (Å²) >= 11 is 0. The molecular weight excluding hydrogens is 288 g/mol. The zero-order chi connectivity index (χ0) is 16.1. The molecule has 2 aromatic carbocycles. The number of aliphatic carboxylic acids is 1. The third kappa shape index (κ3) is 3.45. The third-order valence-electron chi connectivity index (χ3n) is 2.93. The maximum atomic E-state index is 11.3. The van der Waals surface area contributed by atoms with E-state index >= 15 is 0 Å². The fourth-order valence-corrected chi connectivity index (χ4v) is 1.84. The molecule has 0 spiro atoms. The molecule has 0 radical (unpaired) electrons. The van der Waals surface area contributed by atoms with Crippen molar-refractivity contribution in [1.29, 1.82) is 0 Å². The zero-order valence-electron chi connectivity index (χ0n) is 11.3. The number of carbonyl (C=O) groups is 1. The zero-order valence-corrected chi connectivity index (χ0v) is 11.3. The van der Waals surface area contributed by atoms with Crippen LogP contribution in [0.1, 0.15) is 17.2 Å². The van der Waals surface area contributed by atoms with Gasteiger partial charge in [0, 0.05) is 23.9 Å². The molecule has 1 atom stereocenters. The van der Waals surface area contributed by atoms with Crippen LogP contribution in [-0.2, 0) is 4.79 Å². The molecule has 0 amide bonds. The van der Waals surface area contributed by atoms with Crippen molar-refractivity contribution in [1.82, 2.24) is 0 Å². The molecule has 0 aliphatic carbocycles. The lowest BCUT2D eigenvalue weighted by Gasteiger charge is -2.07. The van der Waals surface area contributed by atoms with Crippen LogP contribution in [0.2, 0.25) is 0 Å². The van der Waals surface area contributed by atoms with E-state index in [2.05, 4.69) is 4.99 Å². The standard InChI is InChI=1S/C15H12N2O5/c18-13-7-6-12(17(21)22)8-11(13)9-16-14(15(19)20)10-4-2-1-3-5-10/h1-9,14,18H,(H,19,20)/t14-/m1/s1. The van der Waals surface area contributed by atoms with Gasteiger partial charge in [-0.15, -0.1) is 0 Å². The summed E-state index contributed by atoms with van der Waals surface area (Å²) in [6.45, 7) is 0. The third-order valence-corrected chi connectivity index (χ3v) is 2.93. The van der Waals surface area contributed by atoms with Gasteiger partial charge in [0.2, 0.25) is 0 Å². The highest BCUT2D eigenvalue weighted by Gasteiger charge is 2.18. The minimum absolute atomic E-state index is 0.0800. The van der Waals surface area contributed by atoms with Gasteiger partial charge in [0.05, 0.1) is 4.92 Å². The number of non-ortho nitro benzene ring substituents is 1. The first-order chi connectivity index (χ1) is 10.5. The van der Waals surface area contributed by atoms with E-state index in [1.54, 1.807) is 30.3 Å². The number of aliphatic imine (C=N–C) groups is 1. The van der Waals surface area contributed by atoms with Crippen LogP contribution in [0.4, 0.5) is 5.69 Å². The summed E-state index contributed by atoms with van der Waals surface area (Å²) < 4.78 is 0. The average Bonchev–Trinajstić information content (AvgIpc) is 2.49. The number of nitrogens with zero attached hydrogens (tertiary/aromatic N) is 2. The molecule has 22 heavy (non-hydrogen) atoms. The lowest BCUT2D eigenvalue weighted by molar-refractivity contribution is -0.384. The Labute approximate surface area is 125 Å². The van der Waals surface area contributed by atoms with Gasteiger partial charge >= 0.3 is 5.97 Å². The molecule has 2 aromatic rings. The average molecular weight is 300 g/mol. The first kappa shape index (κ1) is 15.2. The van der Waals surface area contributed by atoms with Crippen molar-refractivity contribution in [3.05, 3.63) is 69.8 Å². The van der Waals surface area contributed by atoms with E-state index in [0.717, 1.165) is 24.4 Å². The summed E-state index contributed by atoms with van der Waals surface area (Å²) in [7, 11) is 0. The highest BCUT2D eigenvalue weighted by molar-refractivity contribution is 5.87. The Morgan fingerprint density at radius 3 is 2.50 bits per heavy atom. The number of phenolic OH excluding ortho intramolecular Hbond substituents is 1. The molecule has 0 aliphatic heterocycles. The van der Waals surface area contributed by atoms with Crippen LogP contribution in [-0.4, -0.2) is 27.3 Å². The first-order valence-electron chi connectivity index (χ1n) is 6.27. The molecule has 0 aromatic heterocycles. The summed E-state index contributed by atoms with van der Waals surface area (Å²) in [5.74, 6) is -1.38. The molecule has 7 heteroatoms. The van der Waals surface area contributed by atoms with Gasteiger partial charge in [-0.1, -0.05) is 30.3 Å². The molecule has 0 fully saturated rings. The van der Waals surface area contributed by atoms with Crippen LogP contribution in [0.25, 0.3) is 0 Å². The fourth-order valence-electron chi connectivity index (χ4n) is 1.84. The maximum absolute atomic E-state index is 11.3. The van der Waals surface area contributed by atoms with Crippen molar-refractivity contribution in [2.24, 2.45) is 4.99 Å². The van der Waals surface area contributed by atoms with Crippen LogP contribution in [0.15, 0.2) is 53.5 Å². The minimum Gasteiger partial charge on any atom is -0.507 e. The number of carboxylic acids is 1. The van der Waals surface area contributed by atoms with E-state index in [1.807, 2.05) is 0 Å². The number of hydrogen-bond donors (Lipinski definition) is 2. The van der Waals surface area contributed by atoms with Gasteiger partial charge in [-0.05, 0) is 11.6 Å². The summed E-state index contributed by atoms with van der Waals surface area (Å²) in [4.78, 5) is 25.3. The van der Waals surface area contributed by atoms with Gasteiger partial charge in [-0.2, -0.15) is 0 Å². The van der Waals surface area contributed by atoms with Crippen LogP contribution < -0.4 is 0 Å². The van der Waals surface area contributed by atoms with E-state index in [1.165, 1.54) is 0 Å². The number of nitro groups is 1. The van der Waals surface area contributed by atoms with Gasteiger partial charge < -0.3 is 10.2 Å². The summed E-state index contributed by atoms with van der Waals surface area (Å²) in [6.07, 6.45) is 1.12. The van der Waals surface area contributed by atoms with Crippen molar-refractivity contribution >= 4 is 17.9 Å². The lowest BCUT2D eigenvalue weighted by atomic mass is 10.1. The minimum atomic E-state index is -1.16. The van der Waals surface area contributed by atoms with E-state index < -0.39 is 16.9 Å². The second-order valence-corrected chi connectivity index (χ2v) is 4.43. The number of hydrogen-bond acceptors (Lipinski definition) is 5. The summed E-state index contributed by atoms with van der Waals surface area (Å²) in [5.41, 5.74) is 0.332. The summed E-state index contributed by atoms with van der Waals surface area (Å²) in [6, 6.07) is 10.6. The number of carboxylic acid groups (broad SMARTS) is 1. The highest BCUT2D eigenvalue weighted by Crippen LogP contribution is 2.23. The van der Waals surface area contributed by atoms with Crippen LogP contribution in [0.3, 0.4) is 0 Å². The second kappa shape index (κ2) is 6.49. The second-order valence-electron chi connectivity index (χ2n) is 4.43. The Hall–Kier alpha value is -3.22. The molecule has 2 N–H and O–H groups in total. The summed E-state index contributed by atoms with van der Waals surface area (Å²) in [5, 5.41) is 29.6. The largest absolute Gasteiger partial charge is 0.507 e. The molecule has 7 nitrogen and oxygen atoms in total. The molecular formula is C15H12N2O5. The first-order valence-corrected chi connectivity index (χ1v) is 6.27. The SMILES string of the molecule is O=C(O)[C@H](N=Cc1cc([N+](=O)[O-])ccc1O)c1ccccc1. The van der Waals surface area contributed by atoms with Crippen molar-refractivity contribution < 1.29 is 19.9 Å². The van der Waals surface area contributed by atoms with E-state index in [0.29, 0.717) is 5.56 Å². The topological polar surface area (TPSA) is 113 Å². The normalized spacial score (nSPS) is 12.2. The Balaban J connectivity index is 2.35. The van der Waals surface area contributed by atoms with E-state index in [9.17, 15) is 25.1 Å². The molecule has 0 saturated heterocycles. The van der Waals surface area contributed by atoms with Gasteiger partial charge in [0.1, 0.15) is 5.75 Å². The van der Waals surface area contributed by atoms with Crippen LogP contribution >= 0.6 is 0 Å². The van der Waals surface area contributed by atoms with Crippen molar-refractivity contribution in [2.75, 3.05) is 0 Å². The Morgan fingerprint density at radius 1 is 1.23 bits per heavy atom. The smallest absolute Gasteiger partial charge is 0.333 e.